The molecule has 0 aliphatic carbocycles. The van der Waals surface area contributed by atoms with Crippen molar-refractivity contribution in [3.63, 3.8) is 0 Å². The highest BCUT2D eigenvalue weighted by Gasteiger charge is 2.27. The summed E-state index contributed by atoms with van der Waals surface area (Å²) in [6, 6.07) is 9.85. The van der Waals surface area contributed by atoms with Gasteiger partial charge in [0.05, 0.1) is 12.0 Å². The zero-order chi connectivity index (χ0) is 20.2. The lowest BCUT2D eigenvalue weighted by Crippen LogP contribution is -2.27. The van der Waals surface area contributed by atoms with Crippen molar-refractivity contribution in [1.29, 1.82) is 0 Å². The van der Waals surface area contributed by atoms with Crippen LogP contribution >= 0.6 is 0 Å². The molecule has 9 nitrogen and oxygen atoms in total. The van der Waals surface area contributed by atoms with E-state index in [1.165, 1.54) is 33.3 Å². The Balaban J connectivity index is 2.32. The van der Waals surface area contributed by atoms with Gasteiger partial charge in [0, 0.05) is 38.3 Å². The number of hydrogen-bond donors (Lipinski definition) is 1. The molecule has 0 saturated carbocycles. The normalized spacial score (nSPS) is 11.3. The number of hydrogen-bond acceptors (Lipinski definition) is 6. The van der Waals surface area contributed by atoms with Gasteiger partial charge in [-0.3, -0.25) is 14.9 Å². The van der Waals surface area contributed by atoms with E-state index >= 15 is 0 Å². The Kier molecular flexibility index (Phi) is 6.13. The Labute approximate surface area is 156 Å². The Morgan fingerprint density at radius 1 is 1.22 bits per heavy atom. The summed E-state index contributed by atoms with van der Waals surface area (Å²) in [6.45, 7) is 0.0161. The topological polar surface area (TPSA) is 119 Å². The third-order valence-corrected chi connectivity index (χ3v) is 5.72. The number of sulfonamides is 1. The first-order valence-corrected chi connectivity index (χ1v) is 9.24. The molecule has 0 saturated heterocycles. The van der Waals surface area contributed by atoms with Crippen molar-refractivity contribution < 1.29 is 22.9 Å². The first-order valence-electron chi connectivity index (χ1n) is 7.80. The number of nitro groups is 1. The minimum atomic E-state index is -4.04. The van der Waals surface area contributed by atoms with Gasteiger partial charge in [0.25, 0.3) is 11.6 Å². The molecule has 10 heteroatoms. The number of nitro benzene ring substituents is 1. The van der Waals surface area contributed by atoms with Crippen LogP contribution < -0.4 is 10.1 Å². The number of rotatable bonds is 7. The van der Waals surface area contributed by atoms with Gasteiger partial charge in [-0.05, 0) is 23.8 Å². The van der Waals surface area contributed by atoms with Gasteiger partial charge in [-0.1, -0.05) is 12.1 Å². The monoisotopic (exact) mass is 393 g/mol. The van der Waals surface area contributed by atoms with E-state index in [4.69, 9.17) is 4.74 Å². The lowest BCUT2D eigenvalue weighted by atomic mass is 10.1. The maximum absolute atomic E-state index is 12.9. The fraction of sp³-hybridized carbons (Fsp3) is 0.235. The molecule has 2 aromatic rings. The molecule has 2 aromatic carbocycles. The molecule has 0 radical (unpaired) electrons. The Hall–Kier alpha value is -2.98. The molecule has 144 valence electrons. The van der Waals surface area contributed by atoms with E-state index in [2.05, 4.69) is 5.32 Å². The van der Waals surface area contributed by atoms with Crippen molar-refractivity contribution in [2.75, 3.05) is 21.2 Å². The van der Waals surface area contributed by atoms with Crippen LogP contribution in [0.5, 0.6) is 5.75 Å². The summed E-state index contributed by atoms with van der Waals surface area (Å²) >= 11 is 0. The summed E-state index contributed by atoms with van der Waals surface area (Å²) < 4.78 is 31.9. The van der Waals surface area contributed by atoms with Crippen LogP contribution in [-0.4, -0.2) is 44.8 Å². The lowest BCUT2D eigenvalue weighted by molar-refractivity contribution is -0.385. The van der Waals surface area contributed by atoms with Crippen LogP contribution in [0.4, 0.5) is 5.69 Å². The van der Waals surface area contributed by atoms with E-state index in [1.807, 2.05) is 0 Å². The van der Waals surface area contributed by atoms with Crippen LogP contribution in [0.15, 0.2) is 47.4 Å². The van der Waals surface area contributed by atoms with Crippen LogP contribution in [0.1, 0.15) is 15.9 Å². The SMILES string of the molecule is CNC(=O)c1ccc(CN(C)S(=O)(=O)c2cc([N+](=O)[O-])ccc2OC)cc1. The number of nitrogens with zero attached hydrogens (tertiary/aromatic N) is 2. The van der Waals surface area contributed by atoms with Gasteiger partial charge >= 0.3 is 0 Å². The molecule has 27 heavy (non-hydrogen) atoms. The van der Waals surface area contributed by atoms with Crippen molar-refractivity contribution in [1.82, 2.24) is 9.62 Å². The van der Waals surface area contributed by atoms with Gasteiger partial charge < -0.3 is 10.1 Å². The highest BCUT2D eigenvalue weighted by molar-refractivity contribution is 7.89. The summed E-state index contributed by atoms with van der Waals surface area (Å²) in [7, 11) is 0.125. The van der Waals surface area contributed by atoms with Crippen molar-refractivity contribution in [3.8, 4) is 5.75 Å². The molecule has 0 aliphatic rings. The van der Waals surface area contributed by atoms with E-state index in [0.29, 0.717) is 11.1 Å². The van der Waals surface area contributed by atoms with Crippen LogP contribution in [0.25, 0.3) is 0 Å². The zero-order valence-electron chi connectivity index (χ0n) is 15.0. The maximum atomic E-state index is 12.9. The first kappa shape index (κ1) is 20.3. The smallest absolute Gasteiger partial charge is 0.271 e. The predicted octanol–water partition coefficient (Wildman–Crippen LogP) is 1.78. The second-order valence-corrected chi connectivity index (χ2v) is 7.64. The van der Waals surface area contributed by atoms with Crippen LogP contribution in [0.3, 0.4) is 0 Å². The van der Waals surface area contributed by atoms with E-state index < -0.39 is 14.9 Å². The number of ether oxygens (including phenoxy) is 1. The Morgan fingerprint density at radius 2 is 1.85 bits per heavy atom. The molecule has 0 aromatic heterocycles. The molecule has 0 bridgehead atoms. The zero-order valence-corrected chi connectivity index (χ0v) is 15.8. The molecule has 0 atom stereocenters. The average molecular weight is 393 g/mol. The van der Waals surface area contributed by atoms with Gasteiger partial charge in [0.1, 0.15) is 10.6 Å². The highest BCUT2D eigenvalue weighted by atomic mass is 32.2. The quantitative estimate of drug-likeness (QED) is 0.566. The maximum Gasteiger partial charge on any atom is 0.271 e. The summed E-state index contributed by atoms with van der Waals surface area (Å²) in [4.78, 5) is 21.6. The van der Waals surface area contributed by atoms with Gasteiger partial charge in [-0.25, -0.2) is 8.42 Å². The number of nitrogens with one attached hydrogen (secondary N) is 1. The predicted molar refractivity (Wildman–Crippen MR) is 98.1 cm³/mol. The average Bonchev–Trinajstić information content (AvgIpc) is 2.67. The molecular weight excluding hydrogens is 374 g/mol. The molecule has 0 heterocycles. The van der Waals surface area contributed by atoms with Gasteiger partial charge in [0.15, 0.2) is 0 Å². The van der Waals surface area contributed by atoms with Gasteiger partial charge in [0.2, 0.25) is 10.0 Å². The number of methoxy groups -OCH3 is 1. The van der Waals surface area contributed by atoms with Crippen LogP contribution in [0, 0.1) is 10.1 Å². The van der Waals surface area contributed by atoms with Gasteiger partial charge in [-0.15, -0.1) is 0 Å². The van der Waals surface area contributed by atoms with Crippen molar-refractivity contribution >= 4 is 21.6 Å². The summed E-state index contributed by atoms with van der Waals surface area (Å²) in [5.74, 6) is -0.230. The standard InChI is InChI=1S/C17H19N3O6S/c1-18-17(21)13-6-4-12(5-7-13)11-19(2)27(24,25)16-10-14(20(22)23)8-9-15(16)26-3/h4-10H,11H2,1-3H3,(H,18,21). The number of carbonyl (C=O) groups excluding carboxylic acids is 1. The largest absolute Gasteiger partial charge is 0.495 e. The number of non-ortho nitro benzene ring substituents is 1. The second kappa shape index (κ2) is 8.14. The summed E-state index contributed by atoms with van der Waals surface area (Å²) in [6.07, 6.45) is 0. The fourth-order valence-corrected chi connectivity index (χ4v) is 3.73. The highest BCUT2D eigenvalue weighted by Crippen LogP contribution is 2.30. The van der Waals surface area contributed by atoms with Crippen molar-refractivity contribution in [3.05, 3.63) is 63.7 Å². The molecule has 0 aliphatic heterocycles. The number of amides is 1. The van der Waals surface area contributed by atoms with Crippen molar-refractivity contribution in [2.45, 2.75) is 11.4 Å². The van der Waals surface area contributed by atoms with Gasteiger partial charge in [-0.2, -0.15) is 4.31 Å². The molecule has 0 spiro atoms. The van der Waals surface area contributed by atoms with Crippen LogP contribution in [0.2, 0.25) is 0 Å². The summed E-state index contributed by atoms with van der Waals surface area (Å²) in [5, 5.41) is 13.5. The molecule has 1 amide bonds. The Bertz CT molecular complexity index is 957. The van der Waals surface area contributed by atoms with E-state index in [9.17, 15) is 23.3 Å². The van der Waals surface area contributed by atoms with E-state index in [-0.39, 0.29) is 28.8 Å². The second-order valence-electron chi connectivity index (χ2n) is 5.63. The van der Waals surface area contributed by atoms with Crippen LogP contribution in [-0.2, 0) is 16.6 Å². The van der Waals surface area contributed by atoms with E-state index in [1.54, 1.807) is 24.3 Å². The van der Waals surface area contributed by atoms with E-state index in [0.717, 1.165) is 10.4 Å². The third-order valence-electron chi connectivity index (χ3n) is 3.89. The molecule has 0 fully saturated rings. The number of benzene rings is 2. The van der Waals surface area contributed by atoms with Crippen molar-refractivity contribution in [2.24, 2.45) is 0 Å². The Morgan fingerprint density at radius 3 is 2.37 bits per heavy atom. The minimum absolute atomic E-state index is 0.0161. The third kappa shape index (κ3) is 4.41. The lowest BCUT2D eigenvalue weighted by Gasteiger charge is -2.19. The number of carbonyl (C=O) groups is 1. The molecule has 2 rings (SSSR count). The molecule has 0 unspecified atom stereocenters. The first-order chi connectivity index (χ1) is 12.7. The summed E-state index contributed by atoms with van der Waals surface area (Å²) in [5.41, 5.74) is 0.753. The molecular formula is C17H19N3O6S. The minimum Gasteiger partial charge on any atom is -0.495 e. The molecule has 1 N–H and O–H groups in total. The fourth-order valence-electron chi connectivity index (χ4n) is 2.40.